The number of fused-ring (bicyclic) bond motifs is 3. The monoisotopic (exact) mass is 444 g/mol. The van der Waals surface area contributed by atoms with Gasteiger partial charge in [0.05, 0.1) is 16.5 Å². The van der Waals surface area contributed by atoms with Crippen LogP contribution < -0.4 is 5.43 Å². The van der Waals surface area contributed by atoms with E-state index in [-0.39, 0.29) is 50.1 Å². The molecule has 0 bridgehead atoms. The second-order valence-electron chi connectivity index (χ2n) is 7.76. The van der Waals surface area contributed by atoms with Gasteiger partial charge < -0.3 is 29.9 Å². The van der Waals surface area contributed by atoms with Crippen molar-refractivity contribution in [3.8, 4) is 28.7 Å². The number of phenolic OH excluding ortho intramolecular Hbond substituents is 4. The first kappa shape index (κ1) is 20.2. The highest BCUT2D eigenvalue weighted by Gasteiger charge is 2.25. The second-order valence-corrected chi connectivity index (χ2v) is 7.76. The van der Waals surface area contributed by atoms with Gasteiger partial charge in [-0.1, -0.05) is 6.07 Å². The maximum Gasteiger partial charge on any atom is 0.201 e. The zero-order chi connectivity index (χ0) is 23.6. The van der Waals surface area contributed by atoms with E-state index in [1.165, 1.54) is 36.4 Å². The van der Waals surface area contributed by atoms with Crippen LogP contribution in [-0.2, 0) is 0 Å². The topological polar surface area (TPSA) is 148 Å². The minimum absolute atomic E-state index is 0.00999. The van der Waals surface area contributed by atoms with E-state index in [1.54, 1.807) is 13.0 Å². The molecule has 8 nitrogen and oxygen atoms in total. The summed E-state index contributed by atoms with van der Waals surface area (Å²) in [6.45, 7) is 1.57. The number of aromatic hydroxyl groups is 5. The highest BCUT2D eigenvalue weighted by atomic mass is 16.3. The van der Waals surface area contributed by atoms with Crippen molar-refractivity contribution in [1.29, 1.82) is 0 Å². The van der Waals surface area contributed by atoms with Crippen LogP contribution in [0.2, 0.25) is 0 Å². The Balaban J connectivity index is 1.86. The molecule has 0 fully saturated rings. The summed E-state index contributed by atoms with van der Waals surface area (Å²) in [6.07, 6.45) is 0. The van der Waals surface area contributed by atoms with Gasteiger partial charge in [0.15, 0.2) is 5.43 Å². The van der Waals surface area contributed by atoms with Crippen molar-refractivity contribution in [2.75, 3.05) is 0 Å². The lowest BCUT2D eigenvalue weighted by molar-refractivity contribution is 0.103. The Hall–Kier alpha value is -4.72. The van der Waals surface area contributed by atoms with Gasteiger partial charge in [-0.15, -0.1) is 0 Å². The number of phenols is 4. The second kappa shape index (κ2) is 6.89. The third-order valence-electron chi connectivity index (χ3n) is 5.58. The Morgan fingerprint density at radius 3 is 2.30 bits per heavy atom. The van der Waals surface area contributed by atoms with Gasteiger partial charge in [0.1, 0.15) is 45.5 Å². The average Bonchev–Trinajstić information content (AvgIpc) is 2.72. The van der Waals surface area contributed by atoms with Gasteiger partial charge in [-0.05, 0) is 48.0 Å². The molecule has 0 saturated carbocycles. The van der Waals surface area contributed by atoms with Gasteiger partial charge in [-0.3, -0.25) is 9.59 Å². The van der Waals surface area contributed by atoms with Crippen molar-refractivity contribution >= 4 is 38.3 Å². The summed E-state index contributed by atoms with van der Waals surface area (Å²) in [5.41, 5.74) is -1.31. The van der Waals surface area contributed by atoms with E-state index < -0.39 is 22.7 Å². The zero-order valence-corrected chi connectivity index (χ0v) is 17.1. The SMILES string of the molecule is Cc1cc(O)c2c(O)c3c(=O)cc(O)c(C(=O)c4cc5cc(O)ccc5cc4O)c3cc2o1. The lowest BCUT2D eigenvalue weighted by atomic mass is 9.92. The molecule has 0 aliphatic heterocycles. The highest BCUT2D eigenvalue weighted by Crippen LogP contribution is 2.42. The number of carbonyl (C=O) groups excluding carboxylic acids is 1. The molecule has 0 radical (unpaired) electrons. The van der Waals surface area contributed by atoms with Crippen molar-refractivity contribution < 1.29 is 34.7 Å². The van der Waals surface area contributed by atoms with Gasteiger partial charge in [0, 0.05) is 17.5 Å². The van der Waals surface area contributed by atoms with E-state index in [0.29, 0.717) is 16.5 Å². The fourth-order valence-corrected chi connectivity index (χ4v) is 4.12. The standard InChI is InChI=1S/C25H16O8/c1-10-4-17(28)23-20(33-10)8-15-21(18(29)9-19(30)22(15)25(23)32)24(31)14-6-12-5-13(26)3-2-11(12)7-16(14)27/h2-9,26-29,32H,1H3. The largest absolute Gasteiger partial charge is 0.508 e. The van der Waals surface area contributed by atoms with Crippen LogP contribution >= 0.6 is 0 Å². The van der Waals surface area contributed by atoms with Gasteiger partial charge in [0.2, 0.25) is 5.78 Å². The number of aryl methyl sites for hydroxylation is 1. The van der Waals surface area contributed by atoms with Crippen LogP contribution in [0.25, 0.3) is 32.5 Å². The number of hydrogen-bond donors (Lipinski definition) is 5. The predicted octanol–water partition coefficient (Wildman–Crippen LogP) is 4.17. The number of hydrogen-bond acceptors (Lipinski definition) is 8. The Labute approximate surface area is 184 Å². The number of ketones is 1. The molecular formula is C25H16O8. The minimum atomic E-state index is -0.823. The molecule has 0 atom stereocenters. The fourth-order valence-electron chi connectivity index (χ4n) is 4.12. The zero-order valence-electron chi connectivity index (χ0n) is 17.1. The van der Waals surface area contributed by atoms with Crippen LogP contribution in [0, 0.1) is 6.92 Å². The fraction of sp³-hybridized carbons (Fsp3) is 0.0400. The third kappa shape index (κ3) is 3.00. The van der Waals surface area contributed by atoms with Crippen LogP contribution in [0.3, 0.4) is 0 Å². The van der Waals surface area contributed by atoms with Crippen LogP contribution in [0.4, 0.5) is 0 Å². The van der Waals surface area contributed by atoms with E-state index in [4.69, 9.17) is 4.42 Å². The average molecular weight is 444 g/mol. The highest BCUT2D eigenvalue weighted by molar-refractivity contribution is 6.22. The van der Waals surface area contributed by atoms with Crippen molar-refractivity contribution in [2.24, 2.45) is 0 Å². The summed E-state index contributed by atoms with van der Waals surface area (Å²) in [7, 11) is 0. The Kier molecular flexibility index (Phi) is 4.22. The van der Waals surface area contributed by atoms with Gasteiger partial charge in [0.25, 0.3) is 0 Å². The molecule has 8 heteroatoms. The molecule has 33 heavy (non-hydrogen) atoms. The quantitative estimate of drug-likeness (QED) is 0.201. The maximum atomic E-state index is 13.5. The molecule has 0 saturated heterocycles. The third-order valence-corrected chi connectivity index (χ3v) is 5.58. The molecule has 5 aromatic rings. The molecule has 1 heterocycles. The molecule has 0 aliphatic rings. The predicted molar refractivity (Wildman–Crippen MR) is 120 cm³/mol. The normalized spacial score (nSPS) is 11.4. The van der Waals surface area contributed by atoms with Gasteiger partial charge in [-0.2, -0.15) is 0 Å². The van der Waals surface area contributed by atoms with Gasteiger partial charge >= 0.3 is 0 Å². The van der Waals surface area contributed by atoms with Crippen LogP contribution in [0.15, 0.2) is 57.7 Å². The molecule has 0 aliphatic carbocycles. The van der Waals surface area contributed by atoms with Crippen molar-refractivity contribution in [3.63, 3.8) is 0 Å². The molecule has 5 rings (SSSR count). The lowest BCUT2D eigenvalue weighted by Gasteiger charge is -2.13. The van der Waals surface area contributed by atoms with E-state index in [9.17, 15) is 35.1 Å². The molecule has 1 aromatic heterocycles. The first-order valence-corrected chi connectivity index (χ1v) is 9.81. The van der Waals surface area contributed by atoms with Crippen LogP contribution in [0.5, 0.6) is 28.7 Å². The Morgan fingerprint density at radius 1 is 0.788 bits per heavy atom. The van der Waals surface area contributed by atoms with Crippen molar-refractivity contribution in [3.05, 3.63) is 75.6 Å². The summed E-state index contributed by atoms with van der Waals surface area (Å²) >= 11 is 0. The van der Waals surface area contributed by atoms with Gasteiger partial charge in [-0.25, -0.2) is 0 Å². The molecule has 0 unspecified atom stereocenters. The molecule has 0 spiro atoms. The van der Waals surface area contributed by atoms with E-state index in [2.05, 4.69) is 0 Å². The number of rotatable bonds is 2. The molecule has 0 amide bonds. The first-order chi connectivity index (χ1) is 15.7. The first-order valence-electron chi connectivity index (χ1n) is 9.81. The maximum absolute atomic E-state index is 13.5. The molecule has 164 valence electrons. The van der Waals surface area contributed by atoms with E-state index in [1.807, 2.05) is 0 Å². The summed E-state index contributed by atoms with van der Waals surface area (Å²) in [6, 6.07) is 10.4. The van der Waals surface area contributed by atoms with E-state index >= 15 is 0 Å². The lowest BCUT2D eigenvalue weighted by Crippen LogP contribution is -2.09. The Morgan fingerprint density at radius 2 is 1.55 bits per heavy atom. The molecule has 5 N–H and O–H groups in total. The Bertz CT molecular complexity index is 1710. The van der Waals surface area contributed by atoms with Crippen molar-refractivity contribution in [1.82, 2.24) is 0 Å². The van der Waals surface area contributed by atoms with E-state index in [0.717, 1.165) is 6.07 Å². The summed E-state index contributed by atoms with van der Waals surface area (Å²) < 4.78 is 5.55. The smallest absolute Gasteiger partial charge is 0.201 e. The number of benzene rings is 4. The summed E-state index contributed by atoms with van der Waals surface area (Å²) in [5, 5.41) is 52.3. The molecular weight excluding hydrogens is 428 g/mol. The van der Waals surface area contributed by atoms with Crippen LogP contribution in [-0.4, -0.2) is 31.3 Å². The van der Waals surface area contributed by atoms with Crippen LogP contribution in [0.1, 0.15) is 21.7 Å². The van der Waals surface area contributed by atoms with Crippen molar-refractivity contribution in [2.45, 2.75) is 6.92 Å². The summed E-state index contributed by atoms with van der Waals surface area (Å²) in [5.74, 6) is -2.50. The summed E-state index contributed by atoms with van der Waals surface area (Å²) in [4.78, 5) is 26.1. The number of carbonyl (C=O) groups is 1. The molecule has 4 aromatic carbocycles. The minimum Gasteiger partial charge on any atom is -0.508 e.